The maximum absolute atomic E-state index is 13.0. The molecule has 32 heavy (non-hydrogen) atoms. The number of aromatic nitrogens is 1. The van der Waals surface area contributed by atoms with Gasteiger partial charge < -0.3 is 15.1 Å². The highest BCUT2D eigenvalue weighted by molar-refractivity contribution is 6.05. The minimum absolute atomic E-state index is 0.0325. The molecule has 2 saturated heterocycles. The third-order valence-electron chi connectivity index (χ3n) is 6.37. The molecular formula is C24H29F3N4O. The first-order valence-corrected chi connectivity index (χ1v) is 11.3. The zero-order chi connectivity index (χ0) is 22.6. The fourth-order valence-corrected chi connectivity index (χ4v) is 4.61. The van der Waals surface area contributed by atoms with Crippen LogP contribution in [0.2, 0.25) is 0 Å². The quantitative estimate of drug-likeness (QED) is 0.698. The van der Waals surface area contributed by atoms with Crippen LogP contribution in [0.15, 0.2) is 42.6 Å². The number of anilines is 2. The molecule has 0 bridgehead atoms. The van der Waals surface area contributed by atoms with E-state index in [0.717, 1.165) is 44.6 Å². The third kappa shape index (κ3) is 5.59. The lowest BCUT2D eigenvalue weighted by molar-refractivity contribution is -0.137. The largest absolute Gasteiger partial charge is 0.416 e. The zero-order valence-electron chi connectivity index (χ0n) is 18.1. The van der Waals surface area contributed by atoms with Gasteiger partial charge in [-0.25, -0.2) is 4.98 Å². The summed E-state index contributed by atoms with van der Waals surface area (Å²) in [4.78, 5) is 21.9. The van der Waals surface area contributed by atoms with E-state index in [-0.39, 0.29) is 5.56 Å². The Morgan fingerprint density at radius 3 is 2.50 bits per heavy atom. The predicted molar refractivity (Wildman–Crippen MR) is 119 cm³/mol. The molecule has 4 rings (SSSR count). The van der Waals surface area contributed by atoms with E-state index in [1.165, 1.54) is 44.5 Å². The molecule has 1 N–H and O–H groups in total. The maximum atomic E-state index is 13.0. The first-order chi connectivity index (χ1) is 15.4. The number of carbonyl (C=O) groups is 1. The summed E-state index contributed by atoms with van der Waals surface area (Å²) in [6, 6.07) is 7.92. The molecule has 1 amide bonds. The number of rotatable bonds is 5. The second-order valence-electron chi connectivity index (χ2n) is 8.70. The Kier molecular flexibility index (Phi) is 6.98. The molecule has 172 valence electrons. The minimum atomic E-state index is -4.49. The summed E-state index contributed by atoms with van der Waals surface area (Å²) in [6.07, 6.45) is 3.23. The molecule has 8 heteroatoms. The number of benzene rings is 1. The van der Waals surface area contributed by atoms with Gasteiger partial charge in [-0.15, -0.1) is 0 Å². The fraction of sp³-hybridized carbons (Fsp3) is 0.500. The van der Waals surface area contributed by atoms with Gasteiger partial charge in [0.15, 0.2) is 5.82 Å². The van der Waals surface area contributed by atoms with E-state index in [2.05, 4.69) is 20.1 Å². The summed E-state index contributed by atoms with van der Waals surface area (Å²) in [7, 11) is 0. The summed E-state index contributed by atoms with van der Waals surface area (Å²) in [6.45, 7) is 5.25. The van der Waals surface area contributed by atoms with Gasteiger partial charge in [0.25, 0.3) is 5.91 Å². The van der Waals surface area contributed by atoms with Crippen molar-refractivity contribution >= 4 is 17.4 Å². The fourth-order valence-electron chi connectivity index (χ4n) is 4.61. The molecule has 1 aromatic carbocycles. The van der Waals surface area contributed by atoms with Crippen LogP contribution in [0.1, 0.15) is 48.0 Å². The lowest BCUT2D eigenvalue weighted by Gasteiger charge is -2.37. The van der Waals surface area contributed by atoms with Gasteiger partial charge in [-0.05, 0) is 75.0 Å². The summed E-state index contributed by atoms with van der Waals surface area (Å²) in [5.74, 6) is 0.755. The van der Waals surface area contributed by atoms with Crippen LogP contribution in [0.3, 0.4) is 0 Å². The molecular weight excluding hydrogens is 417 g/mol. The van der Waals surface area contributed by atoms with Crippen molar-refractivity contribution in [3.8, 4) is 0 Å². The van der Waals surface area contributed by atoms with Crippen molar-refractivity contribution in [2.24, 2.45) is 5.92 Å². The number of halogens is 3. The van der Waals surface area contributed by atoms with Gasteiger partial charge in [-0.3, -0.25) is 4.79 Å². The second kappa shape index (κ2) is 9.90. The lowest BCUT2D eigenvalue weighted by Crippen LogP contribution is -2.40. The van der Waals surface area contributed by atoms with E-state index in [1.807, 2.05) is 0 Å². The standard InChI is InChI=1S/C24H29F3N4O/c25-24(26,27)20-7-4-6-19(16-20)23(32)29-21-8-5-11-28-22(21)31-14-9-18(10-15-31)17-30-12-2-1-3-13-30/h4-8,11,16,18H,1-3,9-10,12-15,17H2,(H,29,32). The highest BCUT2D eigenvalue weighted by Gasteiger charge is 2.31. The van der Waals surface area contributed by atoms with Gasteiger partial charge >= 0.3 is 6.18 Å². The van der Waals surface area contributed by atoms with E-state index in [9.17, 15) is 18.0 Å². The number of likely N-dealkylation sites (tertiary alicyclic amines) is 1. The number of carbonyl (C=O) groups excluding carboxylic acids is 1. The van der Waals surface area contributed by atoms with Crippen molar-refractivity contribution < 1.29 is 18.0 Å². The Bertz CT molecular complexity index is 919. The highest BCUT2D eigenvalue weighted by Crippen LogP contribution is 2.31. The Morgan fingerprint density at radius 2 is 1.78 bits per heavy atom. The molecule has 0 unspecified atom stereocenters. The molecule has 3 heterocycles. The molecule has 0 spiro atoms. The van der Waals surface area contributed by atoms with Crippen molar-refractivity contribution in [2.75, 3.05) is 42.9 Å². The Labute approximate surface area is 186 Å². The minimum Gasteiger partial charge on any atom is -0.355 e. The molecule has 2 aliphatic heterocycles. The Morgan fingerprint density at radius 1 is 1.03 bits per heavy atom. The van der Waals surface area contributed by atoms with Gasteiger partial charge in [-0.2, -0.15) is 13.2 Å². The van der Waals surface area contributed by atoms with Crippen LogP contribution in [-0.4, -0.2) is 48.5 Å². The number of hydrogen-bond donors (Lipinski definition) is 1. The molecule has 0 aliphatic carbocycles. The molecule has 5 nitrogen and oxygen atoms in total. The van der Waals surface area contributed by atoms with Crippen LogP contribution in [0, 0.1) is 5.92 Å². The van der Waals surface area contributed by atoms with E-state index in [1.54, 1.807) is 18.3 Å². The topological polar surface area (TPSA) is 48.5 Å². The average molecular weight is 447 g/mol. The number of nitrogens with zero attached hydrogens (tertiary/aromatic N) is 3. The molecule has 0 radical (unpaired) electrons. The normalized spacial score (nSPS) is 18.5. The first kappa shape index (κ1) is 22.6. The van der Waals surface area contributed by atoms with Crippen molar-refractivity contribution in [3.05, 3.63) is 53.7 Å². The average Bonchev–Trinajstić information content (AvgIpc) is 2.80. The molecule has 0 atom stereocenters. The van der Waals surface area contributed by atoms with E-state index in [0.29, 0.717) is 17.4 Å². The van der Waals surface area contributed by atoms with Gasteiger partial charge in [0.05, 0.1) is 11.3 Å². The Hall–Kier alpha value is -2.61. The van der Waals surface area contributed by atoms with Crippen LogP contribution >= 0.6 is 0 Å². The zero-order valence-corrected chi connectivity index (χ0v) is 18.1. The summed E-state index contributed by atoms with van der Waals surface area (Å²) < 4.78 is 39.0. The maximum Gasteiger partial charge on any atom is 0.416 e. The van der Waals surface area contributed by atoms with Crippen molar-refractivity contribution in [1.82, 2.24) is 9.88 Å². The number of alkyl halides is 3. The first-order valence-electron chi connectivity index (χ1n) is 11.3. The smallest absolute Gasteiger partial charge is 0.355 e. The molecule has 0 saturated carbocycles. The van der Waals surface area contributed by atoms with Crippen LogP contribution in [0.5, 0.6) is 0 Å². The van der Waals surface area contributed by atoms with Crippen molar-refractivity contribution in [3.63, 3.8) is 0 Å². The second-order valence-corrected chi connectivity index (χ2v) is 8.70. The highest BCUT2D eigenvalue weighted by atomic mass is 19.4. The predicted octanol–water partition coefficient (Wildman–Crippen LogP) is 5.06. The number of pyridine rings is 1. The summed E-state index contributed by atoms with van der Waals surface area (Å²) in [5.41, 5.74) is -0.355. The van der Waals surface area contributed by atoms with Crippen LogP contribution < -0.4 is 10.2 Å². The molecule has 2 aromatic rings. The monoisotopic (exact) mass is 446 g/mol. The molecule has 1 aromatic heterocycles. The number of piperidine rings is 2. The van der Waals surface area contributed by atoms with Crippen LogP contribution in [-0.2, 0) is 6.18 Å². The van der Waals surface area contributed by atoms with Crippen molar-refractivity contribution in [1.29, 1.82) is 0 Å². The lowest BCUT2D eigenvalue weighted by atomic mass is 9.95. The summed E-state index contributed by atoms with van der Waals surface area (Å²) >= 11 is 0. The number of nitrogens with one attached hydrogen (secondary N) is 1. The SMILES string of the molecule is O=C(Nc1cccnc1N1CCC(CN2CCCCC2)CC1)c1cccc(C(F)(F)F)c1. The van der Waals surface area contributed by atoms with E-state index >= 15 is 0 Å². The summed E-state index contributed by atoms with van der Waals surface area (Å²) in [5, 5.41) is 2.76. The Balaban J connectivity index is 1.40. The molecule has 2 aliphatic rings. The van der Waals surface area contributed by atoms with Gasteiger partial charge in [-0.1, -0.05) is 12.5 Å². The number of amides is 1. The van der Waals surface area contributed by atoms with Crippen LogP contribution in [0.25, 0.3) is 0 Å². The van der Waals surface area contributed by atoms with Crippen molar-refractivity contribution in [2.45, 2.75) is 38.3 Å². The third-order valence-corrected chi connectivity index (χ3v) is 6.37. The van der Waals surface area contributed by atoms with E-state index < -0.39 is 17.6 Å². The van der Waals surface area contributed by atoms with E-state index in [4.69, 9.17) is 0 Å². The van der Waals surface area contributed by atoms with Gasteiger partial charge in [0.1, 0.15) is 0 Å². The van der Waals surface area contributed by atoms with Gasteiger partial charge in [0, 0.05) is 31.4 Å². The number of hydrogen-bond acceptors (Lipinski definition) is 4. The molecule has 2 fully saturated rings. The van der Waals surface area contributed by atoms with Crippen LogP contribution in [0.4, 0.5) is 24.7 Å². The van der Waals surface area contributed by atoms with Gasteiger partial charge in [0.2, 0.25) is 0 Å².